The molecule has 0 radical (unpaired) electrons. The third kappa shape index (κ3) is 4.60. The first-order valence-electron chi connectivity index (χ1n) is 9.47. The predicted molar refractivity (Wildman–Crippen MR) is 117 cm³/mol. The summed E-state index contributed by atoms with van der Waals surface area (Å²) in [5.41, 5.74) is 1.66. The van der Waals surface area contributed by atoms with E-state index >= 15 is 0 Å². The molecule has 1 fully saturated rings. The van der Waals surface area contributed by atoms with E-state index in [1.165, 1.54) is 4.90 Å². The summed E-state index contributed by atoms with van der Waals surface area (Å²) in [7, 11) is 0. The molecule has 3 amide bonds. The van der Waals surface area contributed by atoms with E-state index in [1.54, 1.807) is 17.0 Å². The molecule has 2 aromatic rings. The monoisotopic (exact) mass is 490 g/mol. The highest BCUT2D eigenvalue weighted by Gasteiger charge is 2.43. The minimum atomic E-state index is -0.727. The van der Waals surface area contributed by atoms with Crippen molar-refractivity contribution in [3.63, 3.8) is 0 Å². The first-order chi connectivity index (χ1) is 13.5. The lowest BCUT2D eigenvalue weighted by molar-refractivity contribution is -0.138. The molecule has 1 aliphatic heterocycles. The Morgan fingerprint density at radius 2 is 1.79 bits per heavy atom. The number of carbonyl (C=O) groups excluding carboxylic acids is 3. The molecule has 1 atom stereocenters. The molecule has 5 nitrogen and oxygen atoms in total. The number of hydrogen-bond acceptors (Lipinski definition) is 3. The van der Waals surface area contributed by atoms with Gasteiger partial charge in [0.1, 0.15) is 6.04 Å². The highest BCUT2D eigenvalue weighted by molar-refractivity contribution is 14.1. The summed E-state index contributed by atoms with van der Waals surface area (Å²) in [6, 6.07) is 16.4. The Balaban J connectivity index is 1.81. The summed E-state index contributed by atoms with van der Waals surface area (Å²) < 4.78 is 1.03. The van der Waals surface area contributed by atoms with Crippen molar-refractivity contribution < 1.29 is 14.4 Å². The average molecular weight is 490 g/mol. The van der Waals surface area contributed by atoms with E-state index in [1.807, 2.05) is 49.4 Å². The van der Waals surface area contributed by atoms with Crippen LogP contribution in [0, 0.1) is 3.57 Å². The van der Waals surface area contributed by atoms with Crippen LogP contribution >= 0.6 is 22.6 Å². The van der Waals surface area contributed by atoms with Gasteiger partial charge in [0.15, 0.2) is 0 Å². The Morgan fingerprint density at radius 3 is 2.43 bits per heavy atom. The van der Waals surface area contributed by atoms with Crippen LogP contribution in [0.1, 0.15) is 31.7 Å². The lowest BCUT2D eigenvalue weighted by Gasteiger charge is -2.28. The highest BCUT2D eigenvalue weighted by Crippen LogP contribution is 2.27. The van der Waals surface area contributed by atoms with Crippen molar-refractivity contribution in [1.29, 1.82) is 0 Å². The normalized spacial score (nSPS) is 16.5. The van der Waals surface area contributed by atoms with Crippen LogP contribution in [0.15, 0.2) is 54.6 Å². The van der Waals surface area contributed by atoms with Gasteiger partial charge in [0.05, 0.1) is 12.1 Å². The number of imide groups is 1. The highest BCUT2D eigenvalue weighted by atomic mass is 127. The number of nitrogens with zero attached hydrogens (tertiary/aromatic N) is 2. The molecule has 0 bridgehead atoms. The largest absolute Gasteiger partial charge is 0.330 e. The molecule has 2 aromatic carbocycles. The van der Waals surface area contributed by atoms with Crippen molar-refractivity contribution in [2.24, 2.45) is 0 Å². The molecule has 1 saturated heterocycles. The number of hydrogen-bond donors (Lipinski definition) is 0. The van der Waals surface area contributed by atoms with Crippen molar-refractivity contribution in [1.82, 2.24) is 4.90 Å². The molecule has 146 valence electrons. The Morgan fingerprint density at radius 1 is 1.11 bits per heavy atom. The predicted octanol–water partition coefficient (Wildman–Crippen LogP) is 3.79. The lowest BCUT2D eigenvalue weighted by Crippen LogP contribution is -2.46. The van der Waals surface area contributed by atoms with Crippen LogP contribution in [-0.2, 0) is 20.8 Å². The van der Waals surface area contributed by atoms with Crippen molar-refractivity contribution in [3.05, 3.63) is 63.7 Å². The first-order valence-corrected chi connectivity index (χ1v) is 10.5. The molecule has 0 saturated carbocycles. The van der Waals surface area contributed by atoms with Crippen LogP contribution < -0.4 is 4.90 Å². The van der Waals surface area contributed by atoms with E-state index in [2.05, 4.69) is 22.6 Å². The maximum absolute atomic E-state index is 13.1. The fraction of sp³-hybridized carbons (Fsp3) is 0.318. The van der Waals surface area contributed by atoms with Gasteiger partial charge in [0, 0.05) is 16.5 Å². The van der Waals surface area contributed by atoms with Gasteiger partial charge in [-0.05, 0) is 65.3 Å². The third-order valence-electron chi connectivity index (χ3n) is 4.85. The van der Waals surface area contributed by atoms with Gasteiger partial charge in [-0.2, -0.15) is 0 Å². The van der Waals surface area contributed by atoms with Gasteiger partial charge in [0.25, 0.3) is 5.91 Å². The summed E-state index contributed by atoms with van der Waals surface area (Å²) in [6.45, 7) is 2.36. The van der Waals surface area contributed by atoms with Crippen molar-refractivity contribution >= 4 is 46.0 Å². The number of anilines is 1. The first kappa shape index (κ1) is 20.5. The standard InChI is InChI=1S/C22H23IN2O3/c1-2-6-20(26)24(14-13-16-7-4-3-5-8-16)19-15-21(27)25(22(19)28)18-11-9-17(23)10-12-18/h3-5,7-12,19H,2,6,13-15H2,1H3. The fourth-order valence-electron chi connectivity index (χ4n) is 3.43. The van der Waals surface area contributed by atoms with Crippen LogP contribution in [0.5, 0.6) is 0 Å². The van der Waals surface area contributed by atoms with Crippen LogP contribution in [0.4, 0.5) is 5.69 Å². The SMILES string of the molecule is CCCC(=O)N(CCc1ccccc1)C1CC(=O)N(c2ccc(I)cc2)C1=O. The summed E-state index contributed by atoms with van der Waals surface area (Å²) in [5, 5.41) is 0. The van der Waals surface area contributed by atoms with Gasteiger partial charge < -0.3 is 4.90 Å². The second-order valence-corrected chi connectivity index (χ2v) is 8.08. The Labute approximate surface area is 178 Å². The Bertz CT molecular complexity index is 852. The zero-order chi connectivity index (χ0) is 20.1. The van der Waals surface area contributed by atoms with Gasteiger partial charge in [-0.15, -0.1) is 0 Å². The fourth-order valence-corrected chi connectivity index (χ4v) is 3.79. The number of carbonyl (C=O) groups is 3. The second kappa shape index (κ2) is 9.32. The van der Waals surface area contributed by atoms with E-state index in [0.29, 0.717) is 31.5 Å². The second-order valence-electron chi connectivity index (χ2n) is 6.84. The average Bonchev–Trinajstić information content (AvgIpc) is 2.98. The number of benzene rings is 2. The van der Waals surface area contributed by atoms with Gasteiger partial charge in [-0.3, -0.25) is 14.4 Å². The molecule has 1 heterocycles. The minimum Gasteiger partial charge on any atom is -0.330 e. The topological polar surface area (TPSA) is 57.7 Å². The van der Waals surface area contributed by atoms with Gasteiger partial charge in [-0.25, -0.2) is 4.90 Å². The summed E-state index contributed by atoms with van der Waals surface area (Å²) in [4.78, 5) is 41.2. The van der Waals surface area contributed by atoms with Crippen LogP contribution in [0.3, 0.4) is 0 Å². The molecular weight excluding hydrogens is 467 g/mol. The molecule has 0 spiro atoms. The quantitative estimate of drug-likeness (QED) is 0.439. The summed E-state index contributed by atoms with van der Waals surface area (Å²) >= 11 is 2.18. The Hall–Kier alpha value is -2.22. The molecule has 1 aliphatic rings. The van der Waals surface area contributed by atoms with Crippen molar-refractivity contribution in [2.45, 2.75) is 38.6 Å². The number of halogens is 1. The summed E-state index contributed by atoms with van der Waals surface area (Å²) in [6.07, 6.45) is 1.76. The Kier molecular flexibility index (Phi) is 6.83. The number of amides is 3. The lowest BCUT2D eigenvalue weighted by atomic mass is 10.1. The van der Waals surface area contributed by atoms with E-state index in [0.717, 1.165) is 9.13 Å². The molecule has 0 N–H and O–H groups in total. The maximum Gasteiger partial charge on any atom is 0.257 e. The van der Waals surface area contributed by atoms with Gasteiger partial charge >= 0.3 is 0 Å². The van der Waals surface area contributed by atoms with Crippen LogP contribution in [0.25, 0.3) is 0 Å². The third-order valence-corrected chi connectivity index (χ3v) is 5.57. The van der Waals surface area contributed by atoms with E-state index in [9.17, 15) is 14.4 Å². The van der Waals surface area contributed by atoms with Gasteiger partial charge in [0.2, 0.25) is 11.8 Å². The van der Waals surface area contributed by atoms with E-state index < -0.39 is 6.04 Å². The van der Waals surface area contributed by atoms with E-state index in [4.69, 9.17) is 0 Å². The zero-order valence-corrected chi connectivity index (χ0v) is 18.0. The van der Waals surface area contributed by atoms with Crippen molar-refractivity contribution in [2.75, 3.05) is 11.4 Å². The molecule has 0 aliphatic carbocycles. The molecule has 1 unspecified atom stereocenters. The number of rotatable bonds is 7. The summed E-state index contributed by atoms with van der Waals surface area (Å²) in [5.74, 6) is -0.650. The zero-order valence-electron chi connectivity index (χ0n) is 15.8. The molecule has 3 rings (SSSR count). The van der Waals surface area contributed by atoms with Crippen molar-refractivity contribution in [3.8, 4) is 0 Å². The molecule has 0 aromatic heterocycles. The molecule has 28 heavy (non-hydrogen) atoms. The minimum absolute atomic E-state index is 0.0368. The molecule has 6 heteroatoms. The van der Waals surface area contributed by atoms with Gasteiger partial charge in [-0.1, -0.05) is 37.3 Å². The maximum atomic E-state index is 13.1. The van der Waals surface area contributed by atoms with Crippen LogP contribution in [-0.4, -0.2) is 35.2 Å². The van der Waals surface area contributed by atoms with E-state index in [-0.39, 0.29) is 24.1 Å². The van der Waals surface area contributed by atoms with Crippen LogP contribution in [0.2, 0.25) is 0 Å². The molecular formula is C22H23IN2O3. The smallest absolute Gasteiger partial charge is 0.257 e.